The van der Waals surface area contributed by atoms with E-state index >= 15 is 0 Å². The van der Waals surface area contributed by atoms with Gasteiger partial charge in [0.1, 0.15) is 0 Å². The molecule has 3 nitrogen and oxygen atoms in total. The van der Waals surface area contributed by atoms with Crippen molar-refractivity contribution in [1.29, 1.82) is 0 Å². The van der Waals surface area contributed by atoms with Crippen LogP contribution in [0.1, 0.15) is 22.8 Å². The molecule has 0 saturated heterocycles. The fourth-order valence-electron chi connectivity index (χ4n) is 1.73. The number of amides is 1. The standard InChI is InChI=1S/C16H16N2O/c1-13(12-14-8-4-2-5-9-14)17-18-16(19)15-10-6-3-7-11-15/h2-11H,12H2,1H3,(H,18,19)/b17-13+. The van der Waals surface area contributed by atoms with Gasteiger partial charge in [-0.05, 0) is 24.6 Å². The molecule has 0 spiro atoms. The van der Waals surface area contributed by atoms with Crippen molar-refractivity contribution in [3.05, 3.63) is 71.8 Å². The Bertz CT molecular complexity index is 562. The topological polar surface area (TPSA) is 41.5 Å². The number of nitrogens with one attached hydrogen (secondary N) is 1. The minimum Gasteiger partial charge on any atom is -0.267 e. The highest BCUT2D eigenvalue weighted by Crippen LogP contribution is 2.01. The summed E-state index contributed by atoms with van der Waals surface area (Å²) in [5.41, 5.74) is 5.23. The minimum absolute atomic E-state index is 0.187. The molecule has 2 rings (SSSR count). The van der Waals surface area contributed by atoms with Crippen molar-refractivity contribution in [3.63, 3.8) is 0 Å². The van der Waals surface area contributed by atoms with E-state index in [4.69, 9.17) is 0 Å². The summed E-state index contributed by atoms with van der Waals surface area (Å²) in [6.07, 6.45) is 0.732. The summed E-state index contributed by atoms with van der Waals surface area (Å²) in [5, 5.41) is 4.11. The zero-order valence-electron chi connectivity index (χ0n) is 10.8. The molecule has 0 unspecified atom stereocenters. The van der Waals surface area contributed by atoms with Gasteiger partial charge in [0.15, 0.2) is 0 Å². The van der Waals surface area contributed by atoms with Crippen LogP contribution in [0.5, 0.6) is 0 Å². The molecule has 0 aliphatic carbocycles. The van der Waals surface area contributed by atoms with Crippen molar-refractivity contribution in [2.75, 3.05) is 0 Å². The van der Waals surface area contributed by atoms with E-state index in [-0.39, 0.29) is 5.91 Å². The number of hydrazone groups is 1. The van der Waals surface area contributed by atoms with Crippen LogP contribution in [-0.4, -0.2) is 11.6 Å². The van der Waals surface area contributed by atoms with E-state index in [0.29, 0.717) is 5.56 Å². The number of carbonyl (C=O) groups is 1. The fraction of sp³-hybridized carbons (Fsp3) is 0.125. The first kappa shape index (κ1) is 13.0. The molecule has 0 bridgehead atoms. The van der Waals surface area contributed by atoms with E-state index in [9.17, 15) is 4.79 Å². The van der Waals surface area contributed by atoms with Gasteiger partial charge in [-0.2, -0.15) is 5.10 Å². The van der Waals surface area contributed by atoms with Crippen molar-refractivity contribution < 1.29 is 4.79 Å². The number of hydrogen-bond donors (Lipinski definition) is 1. The Balaban J connectivity index is 1.93. The molecule has 3 heteroatoms. The van der Waals surface area contributed by atoms with Gasteiger partial charge in [0.2, 0.25) is 0 Å². The zero-order chi connectivity index (χ0) is 13.5. The smallest absolute Gasteiger partial charge is 0.267 e. The molecule has 1 N–H and O–H groups in total. The molecule has 0 heterocycles. The highest BCUT2D eigenvalue weighted by atomic mass is 16.2. The van der Waals surface area contributed by atoms with E-state index in [2.05, 4.69) is 10.5 Å². The fourth-order valence-corrected chi connectivity index (χ4v) is 1.73. The van der Waals surface area contributed by atoms with E-state index in [1.54, 1.807) is 12.1 Å². The molecular formula is C16H16N2O. The van der Waals surface area contributed by atoms with Crippen molar-refractivity contribution >= 4 is 11.6 Å². The SMILES string of the molecule is C/C(Cc1ccccc1)=N\NC(=O)c1ccccc1. The van der Waals surface area contributed by atoms with Crippen LogP contribution in [0.4, 0.5) is 0 Å². The van der Waals surface area contributed by atoms with E-state index in [1.807, 2.05) is 55.5 Å². The molecular weight excluding hydrogens is 236 g/mol. The average molecular weight is 252 g/mol. The largest absolute Gasteiger partial charge is 0.271 e. The van der Waals surface area contributed by atoms with Crippen LogP contribution in [-0.2, 0) is 6.42 Å². The number of benzene rings is 2. The summed E-state index contributed by atoms with van der Waals surface area (Å²) in [6.45, 7) is 1.90. The van der Waals surface area contributed by atoms with Crippen molar-refractivity contribution in [1.82, 2.24) is 5.43 Å². The summed E-state index contributed by atoms with van der Waals surface area (Å²) in [5.74, 6) is -0.187. The summed E-state index contributed by atoms with van der Waals surface area (Å²) in [6, 6.07) is 19.1. The lowest BCUT2D eigenvalue weighted by molar-refractivity contribution is 0.0954. The van der Waals surface area contributed by atoms with Gasteiger partial charge in [-0.3, -0.25) is 4.79 Å². The summed E-state index contributed by atoms with van der Waals surface area (Å²) >= 11 is 0. The predicted molar refractivity (Wildman–Crippen MR) is 77.2 cm³/mol. The normalized spacial score (nSPS) is 11.1. The molecule has 0 aliphatic heterocycles. The molecule has 0 saturated carbocycles. The summed E-state index contributed by atoms with van der Waals surface area (Å²) < 4.78 is 0. The quantitative estimate of drug-likeness (QED) is 0.659. The van der Waals surface area contributed by atoms with Crippen molar-refractivity contribution in [2.24, 2.45) is 5.10 Å². The Morgan fingerprint density at radius 1 is 1.00 bits per heavy atom. The molecule has 1 amide bonds. The van der Waals surface area contributed by atoms with Crippen LogP contribution in [0.15, 0.2) is 65.8 Å². The van der Waals surface area contributed by atoms with Gasteiger partial charge in [0.25, 0.3) is 5.91 Å². The maximum absolute atomic E-state index is 11.8. The van der Waals surface area contributed by atoms with Crippen LogP contribution >= 0.6 is 0 Å². The van der Waals surface area contributed by atoms with Crippen molar-refractivity contribution in [2.45, 2.75) is 13.3 Å². The Morgan fingerprint density at radius 2 is 1.58 bits per heavy atom. The lowest BCUT2D eigenvalue weighted by Crippen LogP contribution is -2.19. The van der Waals surface area contributed by atoms with Gasteiger partial charge in [-0.15, -0.1) is 0 Å². The molecule has 0 aliphatic rings. The Kier molecular flexibility index (Phi) is 4.45. The second-order valence-corrected chi connectivity index (χ2v) is 4.32. The van der Waals surface area contributed by atoms with Gasteiger partial charge >= 0.3 is 0 Å². The number of carbonyl (C=O) groups excluding carboxylic acids is 1. The molecule has 96 valence electrons. The third-order valence-corrected chi connectivity index (χ3v) is 2.69. The second-order valence-electron chi connectivity index (χ2n) is 4.32. The van der Waals surface area contributed by atoms with E-state index < -0.39 is 0 Å². The number of rotatable bonds is 4. The number of hydrogen-bond acceptors (Lipinski definition) is 2. The molecule has 0 atom stereocenters. The first-order chi connectivity index (χ1) is 9.25. The number of nitrogens with zero attached hydrogens (tertiary/aromatic N) is 1. The second kappa shape index (κ2) is 6.50. The maximum Gasteiger partial charge on any atom is 0.271 e. The van der Waals surface area contributed by atoms with Crippen LogP contribution in [0.25, 0.3) is 0 Å². The highest BCUT2D eigenvalue weighted by Gasteiger charge is 2.02. The van der Waals surface area contributed by atoms with Crippen LogP contribution < -0.4 is 5.43 Å². The van der Waals surface area contributed by atoms with Gasteiger partial charge in [-0.25, -0.2) is 5.43 Å². The van der Waals surface area contributed by atoms with Crippen molar-refractivity contribution in [3.8, 4) is 0 Å². The molecule has 0 fully saturated rings. The first-order valence-corrected chi connectivity index (χ1v) is 6.18. The third kappa shape index (κ3) is 4.07. The molecule has 2 aromatic carbocycles. The van der Waals surface area contributed by atoms with Gasteiger partial charge in [0.05, 0.1) is 0 Å². The summed E-state index contributed by atoms with van der Waals surface area (Å²) in [4.78, 5) is 11.8. The summed E-state index contributed by atoms with van der Waals surface area (Å²) in [7, 11) is 0. The zero-order valence-corrected chi connectivity index (χ0v) is 10.8. The monoisotopic (exact) mass is 252 g/mol. The first-order valence-electron chi connectivity index (χ1n) is 6.18. The lowest BCUT2D eigenvalue weighted by Gasteiger charge is -2.03. The third-order valence-electron chi connectivity index (χ3n) is 2.69. The Morgan fingerprint density at radius 3 is 2.21 bits per heavy atom. The molecule has 19 heavy (non-hydrogen) atoms. The van der Waals surface area contributed by atoms with E-state index in [1.165, 1.54) is 5.56 Å². The predicted octanol–water partition coefficient (Wildman–Crippen LogP) is 3.04. The van der Waals surface area contributed by atoms with Crippen LogP contribution in [0.3, 0.4) is 0 Å². The highest BCUT2D eigenvalue weighted by molar-refractivity contribution is 5.95. The van der Waals surface area contributed by atoms with Crippen LogP contribution in [0.2, 0.25) is 0 Å². The van der Waals surface area contributed by atoms with Crippen LogP contribution in [0, 0.1) is 0 Å². The van der Waals surface area contributed by atoms with Gasteiger partial charge < -0.3 is 0 Å². The molecule has 2 aromatic rings. The Labute approximate surface area is 113 Å². The van der Waals surface area contributed by atoms with Gasteiger partial charge in [0, 0.05) is 17.7 Å². The average Bonchev–Trinajstić information content (AvgIpc) is 2.47. The Hall–Kier alpha value is -2.42. The maximum atomic E-state index is 11.8. The molecule has 0 radical (unpaired) electrons. The molecule has 0 aromatic heterocycles. The van der Waals surface area contributed by atoms with Gasteiger partial charge in [-0.1, -0.05) is 48.5 Å². The minimum atomic E-state index is -0.187. The lowest BCUT2D eigenvalue weighted by atomic mass is 10.1. The van der Waals surface area contributed by atoms with E-state index in [0.717, 1.165) is 12.1 Å².